The van der Waals surface area contributed by atoms with Crippen LogP contribution in [0.25, 0.3) is 0 Å². The van der Waals surface area contributed by atoms with Gasteiger partial charge in [0.2, 0.25) is 0 Å². The lowest BCUT2D eigenvalue weighted by molar-refractivity contribution is 0.126. The van der Waals surface area contributed by atoms with E-state index in [1.165, 1.54) is 67.0 Å². The molecule has 0 radical (unpaired) electrons. The summed E-state index contributed by atoms with van der Waals surface area (Å²) in [5.41, 5.74) is 7.39. The average molecular weight is 425 g/mol. The topological polar surface area (TPSA) is 35.5 Å². The van der Waals surface area contributed by atoms with E-state index in [1.54, 1.807) is 0 Å². The maximum Gasteiger partial charge on any atom is 0.115 e. The Morgan fingerprint density at radius 3 is 2.28 bits per heavy atom. The Morgan fingerprint density at radius 1 is 0.844 bits per heavy atom. The first-order chi connectivity index (χ1) is 15.7. The summed E-state index contributed by atoms with van der Waals surface area (Å²) in [5.74, 6) is 1.15. The third-order valence-electron chi connectivity index (χ3n) is 8.26. The van der Waals surface area contributed by atoms with Gasteiger partial charge in [0.05, 0.1) is 0 Å². The number of hydrogen-bond donors (Lipinski definition) is 2. The molecule has 1 spiro atoms. The third-order valence-corrected chi connectivity index (χ3v) is 8.26. The number of phenolic OH excluding ortho intramolecular Hbond substituents is 1. The number of piperidine rings is 1. The first-order valence-electron chi connectivity index (χ1n) is 12.1. The highest BCUT2D eigenvalue weighted by Gasteiger charge is 2.39. The van der Waals surface area contributed by atoms with Crippen LogP contribution in [0.1, 0.15) is 53.4 Å². The summed E-state index contributed by atoms with van der Waals surface area (Å²) in [7, 11) is 0. The number of rotatable bonds is 3. The zero-order chi connectivity index (χ0) is 21.5. The fraction of sp³-hybridized carbons (Fsp3) is 0.379. The summed E-state index contributed by atoms with van der Waals surface area (Å²) in [6, 6.07) is 26.3. The first-order valence-corrected chi connectivity index (χ1v) is 12.1. The SMILES string of the molecule is Oc1ccc2c(c1)CCC(c1ccccc1)C2c1ccc(N2CCC3(CC2)CNC3)cc1. The van der Waals surface area contributed by atoms with Gasteiger partial charge >= 0.3 is 0 Å². The van der Waals surface area contributed by atoms with E-state index >= 15 is 0 Å². The van der Waals surface area contributed by atoms with Gasteiger partial charge in [0.1, 0.15) is 5.75 Å². The largest absolute Gasteiger partial charge is 0.508 e. The van der Waals surface area contributed by atoms with Crippen molar-refractivity contribution in [2.75, 3.05) is 31.1 Å². The van der Waals surface area contributed by atoms with Crippen LogP contribution < -0.4 is 10.2 Å². The number of benzene rings is 3. The standard InChI is InChI=1S/C29H32N2O/c32-25-11-13-27-23(18-25)8-12-26(21-4-2-1-3-5-21)28(27)22-6-9-24(10-7-22)31-16-14-29(15-17-31)19-30-20-29/h1-7,9-11,13,18,26,28,30,32H,8,12,14-17,19-20H2. The number of hydrogen-bond acceptors (Lipinski definition) is 3. The molecule has 2 N–H and O–H groups in total. The van der Waals surface area contributed by atoms with E-state index in [4.69, 9.17) is 0 Å². The van der Waals surface area contributed by atoms with Crippen LogP contribution in [-0.2, 0) is 6.42 Å². The second-order valence-corrected chi connectivity index (χ2v) is 10.1. The Labute approximate surface area is 191 Å². The molecule has 2 atom stereocenters. The van der Waals surface area contributed by atoms with Crippen LogP contribution in [0.3, 0.4) is 0 Å². The summed E-state index contributed by atoms with van der Waals surface area (Å²) in [4.78, 5) is 2.56. The highest BCUT2D eigenvalue weighted by molar-refractivity contribution is 5.52. The molecule has 0 saturated carbocycles. The second-order valence-electron chi connectivity index (χ2n) is 10.1. The van der Waals surface area contributed by atoms with E-state index in [1.807, 2.05) is 12.1 Å². The van der Waals surface area contributed by atoms with Gasteiger partial charge in [0.25, 0.3) is 0 Å². The van der Waals surface area contributed by atoms with E-state index in [0.717, 1.165) is 12.8 Å². The van der Waals surface area contributed by atoms with Gasteiger partial charge in [0, 0.05) is 37.8 Å². The van der Waals surface area contributed by atoms with Gasteiger partial charge in [-0.25, -0.2) is 0 Å². The van der Waals surface area contributed by atoms with Crippen molar-refractivity contribution in [3.63, 3.8) is 0 Å². The van der Waals surface area contributed by atoms with Crippen LogP contribution >= 0.6 is 0 Å². The van der Waals surface area contributed by atoms with Gasteiger partial charge in [-0.15, -0.1) is 0 Å². The zero-order valence-corrected chi connectivity index (χ0v) is 18.6. The lowest BCUT2D eigenvalue weighted by atomic mass is 9.69. The van der Waals surface area contributed by atoms with Crippen LogP contribution in [0, 0.1) is 5.41 Å². The minimum absolute atomic E-state index is 0.321. The minimum Gasteiger partial charge on any atom is -0.508 e. The molecular formula is C29H32N2O. The molecule has 3 aromatic carbocycles. The molecule has 3 nitrogen and oxygen atoms in total. The Hall–Kier alpha value is -2.78. The number of aromatic hydroxyl groups is 1. The Balaban J connectivity index is 1.31. The van der Waals surface area contributed by atoms with Crippen LogP contribution in [0.15, 0.2) is 72.8 Å². The smallest absolute Gasteiger partial charge is 0.115 e. The third kappa shape index (κ3) is 3.49. The fourth-order valence-electron chi connectivity index (χ4n) is 6.24. The monoisotopic (exact) mass is 424 g/mol. The van der Waals surface area contributed by atoms with E-state index < -0.39 is 0 Å². The molecule has 32 heavy (non-hydrogen) atoms. The zero-order valence-electron chi connectivity index (χ0n) is 18.6. The Kier molecular flexibility index (Phi) is 4.95. The quantitative estimate of drug-likeness (QED) is 0.587. The van der Waals surface area contributed by atoms with Crippen molar-refractivity contribution in [2.24, 2.45) is 5.41 Å². The Morgan fingerprint density at radius 2 is 1.59 bits per heavy atom. The minimum atomic E-state index is 0.321. The highest BCUT2D eigenvalue weighted by atomic mass is 16.3. The van der Waals surface area contributed by atoms with Gasteiger partial charge in [-0.2, -0.15) is 0 Å². The Bertz CT molecular complexity index is 1080. The number of anilines is 1. The molecule has 2 saturated heterocycles. The molecule has 3 aromatic rings. The second kappa shape index (κ2) is 7.97. The van der Waals surface area contributed by atoms with Crippen molar-refractivity contribution in [3.8, 4) is 5.75 Å². The molecule has 1 aliphatic carbocycles. The molecule has 0 amide bonds. The van der Waals surface area contributed by atoms with Gasteiger partial charge in [-0.1, -0.05) is 48.5 Å². The summed E-state index contributed by atoms with van der Waals surface area (Å²) in [6.07, 6.45) is 4.73. The van der Waals surface area contributed by atoms with Gasteiger partial charge in [-0.3, -0.25) is 0 Å². The van der Waals surface area contributed by atoms with Crippen molar-refractivity contribution in [2.45, 2.75) is 37.5 Å². The summed E-state index contributed by atoms with van der Waals surface area (Å²) < 4.78 is 0. The van der Waals surface area contributed by atoms with E-state index in [9.17, 15) is 5.11 Å². The van der Waals surface area contributed by atoms with E-state index in [2.05, 4.69) is 70.9 Å². The summed E-state index contributed by atoms with van der Waals surface area (Å²) in [5, 5.41) is 13.5. The highest BCUT2D eigenvalue weighted by Crippen LogP contribution is 2.47. The molecule has 3 aliphatic rings. The molecule has 2 heterocycles. The van der Waals surface area contributed by atoms with Crippen molar-refractivity contribution in [3.05, 3.63) is 95.1 Å². The number of nitrogens with zero attached hydrogens (tertiary/aromatic N) is 1. The number of phenols is 1. The maximum atomic E-state index is 10.1. The molecule has 0 aromatic heterocycles. The molecule has 2 unspecified atom stereocenters. The van der Waals surface area contributed by atoms with Crippen molar-refractivity contribution < 1.29 is 5.11 Å². The predicted molar refractivity (Wildman–Crippen MR) is 131 cm³/mol. The molecule has 2 aliphatic heterocycles. The molecule has 0 bridgehead atoms. The fourth-order valence-corrected chi connectivity index (χ4v) is 6.24. The number of aryl methyl sites for hydroxylation is 1. The van der Waals surface area contributed by atoms with Crippen molar-refractivity contribution in [1.29, 1.82) is 0 Å². The predicted octanol–water partition coefficient (Wildman–Crippen LogP) is 5.44. The first kappa shape index (κ1) is 19.9. The molecule has 3 heteroatoms. The number of fused-ring (bicyclic) bond motifs is 1. The van der Waals surface area contributed by atoms with Crippen LogP contribution in [-0.4, -0.2) is 31.3 Å². The van der Waals surface area contributed by atoms with Crippen LogP contribution in [0.5, 0.6) is 5.75 Å². The normalized spacial score (nSPS) is 24.1. The summed E-state index contributed by atoms with van der Waals surface area (Å²) >= 11 is 0. The van der Waals surface area contributed by atoms with Gasteiger partial charge in [0.15, 0.2) is 0 Å². The number of nitrogens with one attached hydrogen (secondary N) is 1. The average Bonchev–Trinajstić information content (AvgIpc) is 2.83. The van der Waals surface area contributed by atoms with E-state index in [-0.39, 0.29) is 0 Å². The molecule has 6 rings (SSSR count). The van der Waals surface area contributed by atoms with E-state index in [0.29, 0.717) is 23.0 Å². The van der Waals surface area contributed by atoms with Crippen LogP contribution in [0.2, 0.25) is 0 Å². The van der Waals surface area contributed by atoms with Gasteiger partial charge < -0.3 is 15.3 Å². The summed E-state index contributed by atoms with van der Waals surface area (Å²) in [6.45, 7) is 4.74. The molecular weight excluding hydrogens is 392 g/mol. The molecule has 164 valence electrons. The van der Waals surface area contributed by atoms with Gasteiger partial charge in [-0.05, 0) is 83.5 Å². The lowest BCUT2D eigenvalue weighted by Gasteiger charge is -2.49. The molecule has 2 fully saturated rings. The maximum absolute atomic E-state index is 10.1. The van der Waals surface area contributed by atoms with Crippen molar-refractivity contribution in [1.82, 2.24) is 5.32 Å². The lowest BCUT2D eigenvalue weighted by Crippen LogP contribution is -2.58. The van der Waals surface area contributed by atoms with Crippen LogP contribution in [0.4, 0.5) is 5.69 Å². The van der Waals surface area contributed by atoms with Crippen molar-refractivity contribution >= 4 is 5.69 Å².